The Hall–Kier alpha value is -7.16. The summed E-state index contributed by atoms with van der Waals surface area (Å²) >= 11 is 0. The Morgan fingerprint density at radius 3 is 1.54 bits per heavy atom. The molecule has 0 fully saturated rings. The molecule has 0 saturated heterocycles. The molecule has 1 aliphatic rings. The summed E-state index contributed by atoms with van der Waals surface area (Å²) in [6, 6.07) is 79.3. The Labute approximate surface area is 335 Å². The van der Waals surface area contributed by atoms with Gasteiger partial charge >= 0.3 is 0 Å². The van der Waals surface area contributed by atoms with E-state index in [0.29, 0.717) is 0 Å². The van der Waals surface area contributed by atoms with Crippen molar-refractivity contribution < 1.29 is 0 Å². The summed E-state index contributed by atoms with van der Waals surface area (Å²) in [5, 5.41) is 2.45. The van der Waals surface area contributed by atoms with E-state index in [1.807, 2.05) is 0 Å². The summed E-state index contributed by atoms with van der Waals surface area (Å²) in [5.41, 5.74) is 16.7. The summed E-state index contributed by atoms with van der Waals surface area (Å²) in [5.74, 6) is 0. The fourth-order valence-electron chi connectivity index (χ4n) is 8.73. The van der Waals surface area contributed by atoms with Crippen molar-refractivity contribution in [1.82, 2.24) is 0 Å². The quantitative estimate of drug-likeness (QED) is 0.161. The lowest BCUT2D eigenvalue weighted by molar-refractivity contribution is 0.632. The van der Waals surface area contributed by atoms with Gasteiger partial charge < -0.3 is 9.80 Å². The summed E-state index contributed by atoms with van der Waals surface area (Å²) in [4.78, 5) is 4.83. The van der Waals surface area contributed by atoms with Gasteiger partial charge in [-0.1, -0.05) is 178 Å². The molecule has 0 spiro atoms. The van der Waals surface area contributed by atoms with Gasteiger partial charge in [-0.2, -0.15) is 0 Å². The molecule has 57 heavy (non-hydrogen) atoms. The third-order valence-corrected chi connectivity index (χ3v) is 11.6. The van der Waals surface area contributed by atoms with Crippen LogP contribution in [0.3, 0.4) is 0 Å². The minimum Gasteiger partial charge on any atom is -0.311 e. The molecule has 0 N–H and O–H groups in total. The maximum atomic E-state index is 2.53. The average Bonchev–Trinajstić information content (AvgIpc) is 3.28. The van der Waals surface area contributed by atoms with Gasteiger partial charge in [0.1, 0.15) is 0 Å². The molecule has 0 radical (unpaired) electrons. The molecule has 0 amide bonds. The Morgan fingerprint density at radius 1 is 0.368 bits per heavy atom. The van der Waals surface area contributed by atoms with Crippen molar-refractivity contribution in [3.63, 3.8) is 0 Å². The molecule has 9 aromatic carbocycles. The Bertz CT molecular complexity index is 2800. The van der Waals surface area contributed by atoms with Crippen LogP contribution < -0.4 is 9.80 Å². The van der Waals surface area contributed by atoms with Crippen LogP contribution >= 0.6 is 0 Å². The number of rotatable bonds is 7. The van der Waals surface area contributed by atoms with E-state index in [-0.39, 0.29) is 5.41 Å². The molecule has 0 saturated carbocycles. The summed E-state index contributed by atoms with van der Waals surface area (Å²) in [6.45, 7) is 4.74. The van der Waals surface area contributed by atoms with Gasteiger partial charge in [0.15, 0.2) is 0 Å². The van der Waals surface area contributed by atoms with Gasteiger partial charge in [0.05, 0.1) is 17.1 Å². The van der Waals surface area contributed by atoms with Crippen molar-refractivity contribution in [2.45, 2.75) is 19.3 Å². The molecule has 0 aromatic heterocycles. The van der Waals surface area contributed by atoms with Gasteiger partial charge in [-0.05, 0) is 98.9 Å². The van der Waals surface area contributed by atoms with E-state index in [4.69, 9.17) is 0 Å². The first-order chi connectivity index (χ1) is 28.0. The molecule has 0 atom stereocenters. The second-order valence-corrected chi connectivity index (χ2v) is 15.4. The third kappa shape index (κ3) is 6.07. The lowest BCUT2D eigenvalue weighted by Gasteiger charge is -2.43. The van der Waals surface area contributed by atoms with E-state index in [1.165, 1.54) is 72.3 Å². The SMILES string of the molecule is CC1(C)c2ccccc2N(c2c(-c3ccc(-c4ccc(N(c5ccccc5)c5ccccc5)cc4)cc3)ccc3ccccc23)c2ccc(-c3ccccc3)cc21. The van der Waals surface area contributed by atoms with Gasteiger partial charge in [-0.3, -0.25) is 0 Å². The van der Waals surface area contributed by atoms with E-state index in [0.717, 1.165) is 17.1 Å². The minimum atomic E-state index is -0.200. The predicted molar refractivity (Wildman–Crippen MR) is 242 cm³/mol. The zero-order valence-corrected chi connectivity index (χ0v) is 32.2. The van der Waals surface area contributed by atoms with E-state index in [9.17, 15) is 0 Å². The molecular formula is C55H42N2. The van der Waals surface area contributed by atoms with E-state index >= 15 is 0 Å². The molecule has 272 valence electrons. The molecule has 10 rings (SSSR count). The first kappa shape index (κ1) is 34.3. The zero-order valence-electron chi connectivity index (χ0n) is 32.2. The second kappa shape index (κ2) is 14.2. The van der Waals surface area contributed by atoms with Crippen LogP contribution in [-0.2, 0) is 5.41 Å². The number of fused-ring (bicyclic) bond motifs is 3. The normalized spacial score (nSPS) is 12.8. The molecule has 2 nitrogen and oxygen atoms in total. The van der Waals surface area contributed by atoms with Gasteiger partial charge in [0.2, 0.25) is 0 Å². The van der Waals surface area contributed by atoms with Crippen LogP contribution in [0.15, 0.2) is 218 Å². The smallest absolute Gasteiger partial charge is 0.0618 e. The standard InChI is InChI=1S/C55H42N2/c1-55(2)50-24-14-15-25-52(50)57(53-37-33-44(38-51(53)55)39-16-6-3-7-17-39)54-48-23-13-12-18-42(48)32-36-49(54)43-28-26-40(27-29-43)41-30-34-47(35-31-41)56(45-19-8-4-9-20-45)46-21-10-5-11-22-46/h3-38H,1-2H3. The highest BCUT2D eigenvalue weighted by Gasteiger charge is 2.38. The van der Waals surface area contributed by atoms with Gasteiger partial charge in [-0.25, -0.2) is 0 Å². The highest BCUT2D eigenvalue weighted by atomic mass is 15.2. The van der Waals surface area contributed by atoms with Crippen LogP contribution in [0.2, 0.25) is 0 Å². The largest absolute Gasteiger partial charge is 0.311 e. The monoisotopic (exact) mass is 730 g/mol. The molecule has 0 bridgehead atoms. The maximum Gasteiger partial charge on any atom is 0.0618 e. The summed E-state index contributed by atoms with van der Waals surface area (Å²) in [6.07, 6.45) is 0. The van der Waals surface area contributed by atoms with Crippen molar-refractivity contribution in [3.8, 4) is 33.4 Å². The number of anilines is 6. The van der Waals surface area contributed by atoms with Crippen LogP contribution in [0.1, 0.15) is 25.0 Å². The van der Waals surface area contributed by atoms with Crippen molar-refractivity contribution >= 4 is 44.9 Å². The number of nitrogens with zero attached hydrogens (tertiary/aromatic N) is 2. The zero-order chi connectivity index (χ0) is 38.3. The van der Waals surface area contributed by atoms with Crippen LogP contribution in [0.5, 0.6) is 0 Å². The number of hydrogen-bond donors (Lipinski definition) is 0. The highest BCUT2D eigenvalue weighted by molar-refractivity contribution is 6.07. The molecule has 1 heterocycles. The Morgan fingerprint density at radius 2 is 0.860 bits per heavy atom. The van der Waals surface area contributed by atoms with Crippen LogP contribution in [0.4, 0.5) is 34.1 Å². The van der Waals surface area contributed by atoms with Crippen molar-refractivity contribution in [2.75, 3.05) is 9.80 Å². The van der Waals surface area contributed by atoms with Crippen molar-refractivity contribution in [3.05, 3.63) is 230 Å². The topological polar surface area (TPSA) is 6.48 Å². The lowest BCUT2D eigenvalue weighted by Crippen LogP contribution is -2.31. The van der Waals surface area contributed by atoms with Crippen LogP contribution in [-0.4, -0.2) is 0 Å². The molecule has 2 heteroatoms. The fraction of sp³-hybridized carbons (Fsp3) is 0.0545. The number of para-hydroxylation sites is 3. The fourth-order valence-corrected chi connectivity index (χ4v) is 8.73. The number of benzene rings is 9. The summed E-state index contributed by atoms with van der Waals surface area (Å²) in [7, 11) is 0. The van der Waals surface area contributed by atoms with Crippen molar-refractivity contribution in [1.29, 1.82) is 0 Å². The van der Waals surface area contributed by atoms with Crippen molar-refractivity contribution in [2.24, 2.45) is 0 Å². The highest BCUT2D eigenvalue weighted by Crippen LogP contribution is 2.55. The Balaban J connectivity index is 1.07. The van der Waals surface area contributed by atoms with Crippen LogP contribution in [0.25, 0.3) is 44.2 Å². The van der Waals surface area contributed by atoms with Crippen LogP contribution in [0, 0.1) is 0 Å². The van der Waals surface area contributed by atoms with E-state index in [1.54, 1.807) is 0 Å². The first-order valence-electron chi connectivity index (χ1n) is 19.8. The van der Waals surface area contributed by atoms with E-state index < -0.39 is 0 Å². The lowest BCUT2D eigenvalue weighted by atomic mass is 9.72. The Kier molecular flexibility index (Phi) is 8.53. The van der Waals surface area contributed by atoms with E-state index in [2.05, 4.69) is 242 Å². The third-order valence-electron chi connectivity index (χ3n) is 11.6. The summed E-state index contributed by atoms with van der Waals surface area (Å²) < 4.78 is 0. The molecule has 1 aliphatic heterocycles. The second-order valence-electron chi connectivity index (χ2n) is 15.4. The molecular weight excluding hydrogens is 689 g/mol. The molecule has 0 unspecified atom stereocenters. The maximum absolute atomic E-state index is 2.53. The average molecular weight is 731 g/mol. The van der Waals surface area contributed by atoms with Gasteiger partial charge in [0.25, 0.3) is 0 Å². The van der Waals surface area contributed by atoms with Gasteiger partial charge in [0, 0.05) is 33.4 Å². The molecule has 0 aliphatic carbocycles. The number of hydrogen-bond acceptors (Lipinski definition) is 2. The predicted octanol–water partition coefficient (Wildman–Crippen LogP) is 15.4. The molecule has 9 aromatic rings. The minimum absolute atomic E-state index is 0.200. The first-order valence-corrected chi connectivity index (χ1v) is 19.8. The van der Waals surface area contributed by atoms with Gasteiger partial charge in [-0.15, -0.1) is 0 Å².